The first kappa shape index (κ1) is 32.7. The molecule has 7 atom stereocenters. The number of aliphatic hydroxyl groups is 1. The van der Waals surface area contributed by atoms with Crippen molar-refractivity contribution in [1.82, 2.24) is 9.80 Å². The topological polar surface area (TPSA) is 99.6 Å². The van der Waals surface area contributed by atoms with E-state index in [0.29, 0.717) is 37.4 Å². The van der Waals surface area contributed by atoms with Gasteiger partial charge in [0.2, 0.25) is 11.8 Å². The second kappa shape index (κ2) is 12.8. The molecule has 1 aromatic rings. The molecule has 3 aliphatic heterocycles. The van der Waals surface area contributed by atoms with Crippen LogP contribution in [-0.4, -0.2) is 89.3 Å². The molecular weight excluding hydrogens is 546 g/mol. The number of fused-ring (bicyclic) bond motifs is 1. The number of nitrogens with zero attached hydrogens (tertiary/aromatic N) is 3. The fourth-order valence-corrected chi connectivity index (χ4v) is 7.82. The van der Waals surface area contributed by atoms with Crippen LogP contribution in [0.25, 0.3) is 0 Å². The van der Waals surface area contributed by atoms with Crippen molar-refractivity contribution in [3.05, 3.63) is 49.6 Å². The molecular formula is C34H49N3O6. The van der Waals surface area contributed by atoms with Gasteiger partial charge >= 0.3 is 0 Å². The number of hydrogen-bond donors (Lipinski definition) is 1. The highest BCUT2D eigenvalue weighted by Crippen LogP contribution is 2.66. The third kappa shape index (κ3) is 5.39. The average molecular weight is 596 g/mol. The van der Waals surface area contributed by atoms with Gasteiger partial charge in [0.05, 0.1) is 37.2 Å². The molecule has 1 N–H and O–H groups in total. The summed E-state index contributed by atoms with van der Waals surface area (Å²) in [6.07, 6.45) is 5.07. The van der Waals surface area contributed by atoms with Crippen molar-refractivity contribution in [2.75, 3.05) is 38.3 Å². The summed E-state index contributed by atoms with van der Waals surface area (Å²) in [5.41, 5.74) is -1.52. The Balaban J connectivity index is 1.88. The van der Waals surface area contributed by atoms with Crippen LogP contribution < -0.4 is 9.64 Å². The van der Waals surface area contributed by atoms with Gasteiger partial charge in [-0.2, -0.15) is 0 Å². The van der Waals surface area contributed by atoms with E-state index in [9.17, 15) is 19.5 Å². The summed E-state index contributed by atoms with van der Waals surface area (Å²) in [6, 6.07) is 5.53. The maximum Gasteiger partial charge on any atom is 0.253 e. The zero-order valence-electron chi connectivity index (χ0n) is 26.6. The highest BCUT2D eigenvalue weighted by Gasteiger charge is 2.80. The van der Waals surface area contributed by atoms with Crippen molar-refractivity contribution in [1.29, 1.82) is 0 Å². The molecule has 1 spiro atoms. The number of ether oxygens (including phenoxy) is 2. The number of anilines is 1. The lowest BCUT2D eigenvalue weighted by atomic mass is 9.62. The molecule has 0 radical (unpaired) electrons. The molecule has 3 amide bonds. The number of benzene rings is 1. The van der Waals surface area contributed by atoms with Crippen molar-refractivity contribution in [2.45, 2.75) is 77.2 Å². The van der Waals surface area contributed by atoms with Crippen LogP contribution in [0.5, 0.6) is 5.75 Å². The predicted molar refractivity (Wildman–Crippen MR) is 167 cm³/mol. The summed E-state index contributed by atoms with van der Waals surface area (Å²) in [4.78, 5) is 48.9. The Kier molecular flexibility index (Phi) is 9.76. The normalized spacial score (nSPS) is 29.9. The maximum atomic E-state index is 14.9. The smallest absolute Gasteiger partial charge is 0.253 e. The summed E-state index contributed by atoms with van der Waals surface area (Å²) in [7, 11) is 1.58. The summed E-state index contributed by atoms with van der Waals surface area (Å²) >= 11 is 0. The monoisotopic (exact) mass is 595 g/mol. The van der Waals surface area contributed by atoms with Crippen molar-refractivity contribution < 1.29 is 29.0 Å². The Labute approximate surface area is 256 Å². The lowest BCUT2D eigenvalue weighted by Crippen LogP contribution is -2.59. The number of rotatable bonds is 14. The van der Waals surface area contributed by atoms with Crippen LogP contribution in [0.4, 0.5) is 5.69 Å². The fraction of sp³-hybridized carbons (Fsp3) is 0.618. The van der Waals surface area contributed by atoms with E-state index >= 15 is 0 Å². The van der Waals surface area contributed by atoms with Gasteiger partial charge in [0, 0.05) is 25.3 Å². The first-order valence-electron chi connectivity index (χ1n) is 15.5. The van der Waals surface area contributed by atoms with Gasteiger partial charge in [0.25, 0.3) is 5.91 Å². The minimum atomic E-state index is -1.22. The molecule has 1 aromatic carbocycles. The predicted octanol–water partition coefficient (Wildman–Crippen LogP) is 4.06. The lowest BCUT2D eigenvalue weighted by molar-refractivity contribution is -0.154. The molecule has 43 heavy (non-hydrogen) atoms. The van der Waals surface area contributed by atoms with Gasteiger partial charge in [-0.3, -0.25) is 14.4 Å². The van der Waals surface area contributed by atoms with Gasteiger partial charge in [-0.15, -0.1) is 13.2 Å². The first-order valence-corrected chi connectivity index (χ1v) is 15.5. The Morgan fingerprint density at radius 2 is 1.84 bits per heavy atom. The van der Waals surface area contributed by atoms with Crippen molar-refractivity contribution >= 4 is 23.4 Å². The van der Waals surface area contributed by atoms with Crippen molar-refractivity contribution in [3.63, 3.8) is 0 Å². The molecule has 3 heterocycles. The molecule has 2 bridgehead atoms. The number of aliphatic hydroxyl groups excluding tert-OH is 1. The molecule has 0 aromatic heterocycles. The van der Waals surface area contributed by atoms with Crippen LogP contribution in [0.2, 0.25) is 0 Å². The highest BCUT2D eigenvalue weighted by molar-refractivity contribution is 6.05. The molecule has 236 valence electrons. The van der Waals surface area contributed by atoms with Crippen molar-refractivity contribution in [2.24, 2.45) is 23.7 Å². The van der Waals surface area contributed by atoms with E-state index in [2.05, 4.69) is 13.2 Å². The third-order valence-electron chi connectivity index (χ3n) is 9.72. The fourth-order valence-electron chi connectivity index (χ4n) is 7.82. The van der Waals surface area contributed by atoms with E-state index in [4.69, 9.17) is 9.47 Å². The number of carbonyl (C=O) groups excluding carboxylic acids is 3. The molecule has 9 nitrogen and oxygen atoms in total. The average Bonchev–Trinajstić information content (AvgIpc) is 3.50. The summed E-state index contributed by atoms with van der Waals surface area (Å²) in [5, 5.41) is 10.6. The Hall–Kier alpha value is -3.17. The van der Waals surface area contributed by atoms with Gasteiger partial charge in [0.1, 0.15) is 17.4 Å². The van der Waals surface area contributed by atoms with Crippen LogP contribution in [0.1, 0.15) is 53.9 Å². The molecule has 3 saturated heterocycles. The number of methoxy groups -OCH3 is 1. The van der Waals surface area contributed by atoms with Crippen LogP contribution >= 0.6 is 0 Å². The van der Waals surface area contributed by atoms with Crippen LogP contribution in [-0.2, 0) is 19.1 Å². The standard InChI is InChI=1S/C34H49N3O6/c1-9-16-35(17-10-2)30(39)27-28-31(40)37(25(21-38)19-22(4)5)29(34(28)20-23(6)33(27,7)43-34)32(41)36(18-11-3)24-12-14-26(42-8)15-13-24/h9,11-15,22-23,25,27-29,38H,1,3,10,16-21H2,2,4-8H3/t23?,25-,27-,28+,29?,33+,34?/m1/s1. The second-order valence-electron chi connectivity index (χ2n) is 12.9. The summed E-state index contributed by atoms with van der Waals surface area (Å²) in [5.74, 6) is -1.64. The highest BCUT2D eigenvalue weighted by atomic mass is 16.5. The van der Waals surface area contributed by atoms with E-state index in [0.717, 1.165) is 6.42 Å². The largest absolute Gasteiger partial charge is 0.497 e. The maximum absolute atomic E-state index is 14.9. The van der Waals surface area contributed by atoms with E-state index in [-0.39, 0.29) is 42.7 Å². The van der Waals surface area contributed by atoms with E-state index in [1.807, 2.05) is 34.6 Å². The minimum absolute atomic E-state index is 0.0838. The Morgan fingerprint density at radius 3 is 2.37 bits per heavy atom. The van der Waals surface area contributed by atoms with Gasteiger partial charge in [-0.25, -0.2) is 0 Å². The Bertz CT molecular complexity index is 1220. The zero-order valence-corrected chi connectivity index (χ0v) is 26.6. The molecule has 9 heteroatoms. The lowest BCUT2D eigenvalue weighted by Gasteiger charge is -2.40. The summed E-state index contributed by atoms with van der Waals surface area (Å²) < 4.78 is 12.3. The van der Waals surface area contributed by atoms with E-state index in [1.165, 1.54) is 0 Å². The zero-order chi connectivity index (χ0) is 31.7. The van der Waals surface area contributed by atoms with Gasteiger partial charge in [-0.05, 0) is 62.3 Å². The van der Waals surface area contributed by atoms with Crippen molar-refractivity contribution in [3.8, 4) is 5.75 Å². The SMILES string of the molecule is C=CCN(CCC)C(=O)[C@H]1[C@H]2C(=O)N([C@@H](CO)CC(C)C)C(C(=O)N(CC=C)c3ccc(OC)cc3)C23CC(C)[C@]1(C)O3. The van der Waals surface area contributed by atoms with E-state index in [1.54, 1.807) is 58.2 Å². The van der Waals surface area contributed by atoms with Crippen LogP contribution in [0.15, 0.2) is 49.6 Å². The molecule has 0 aliphatic carbocycles. The second-order valence-corrected chi connectivity index (χ2v) is 12.9. The third-order valence-corrected chi connectivity index (χ3v) is 9.72. The van der Waals surface area contributed by atoms with Crippen LogP contribution in [0, 0.1) is 23.7 Å². The van der Waals surface area contributed by atoms with Gasteiger partial charge in [-0.1, -0.05) is 39.8 Å². The summed E-state index contributed by atoms with van der Waals surface area (Å²) in [6.45, 7) is 18.6. The number of hydrogen-bond acceptors (Lipinski definition) is 6. The first-order chi connectivity index (χ1) is 20.4. The van der Waals surface area contributed by atoms with Gasteiger partial charge in [0.15, 0.2) is 0 Å². The van der Waals surface area contributed by atoms with E-state index < -0.39 is 35.1 Å². The Morgan fingerprint density at radius 1 is 1.19 bits per heavy atom. The molecule has 3 fully saturated rings. The van der Waals surface area contributed by atoms with Gasteiger partial charge < -0.3 is 29.3 Å². The number of likely N-dealkylation sites (tertiary alicyclic amines) is 1. The number of amides is 3. The molecule has 0 saturated carbocycles. The molecule has 3 aliphatic rings. The quantitative estimate of drug-likeness (QED) is 0.326. The number of carbonyl (C=O) groups is 3. The molecule has 4 rings (SSSR count). The molecule has 3 unspecified atom stereocenters. The minimum Gasteiger partial charge on any atom is -0.497 e. The van der Waals surface area contributed by atoms with Crippen LogP contribution in [0.3, 0.4) is 0 Å².